The molecule has 1 aromatic heterocycles. The van der Waals surface area contributed by atoms with Crippen LogP contribution in [0, 0.1) is 23.6 Å². The molecule has 0 radical (unpaired) electrons. The first-order valence-electron chi connectivity index (χ1n) is 12.5. The van der Waals surface area contributed by atoms with Gasteiger partial charge in [-0.15, -0.1) is 10.2 Å². The van der Waals surface area contributed by atoms with Crippen LogP contribution in [0.25, 0.3) is 11.3 Å². The molecule has 2 saturated heterocycles. The van der Waals surface area contributed by atoms with E-state index in [1.54, 1.807) is 0 Å². The lowest BCUT2D eigenvalue weighted by Gasteiger charge is -2.45. The smallest absolute Gasteiger partial charge is 0.381 e. The third-order valence-electron chi connectivity index (χ3n) is 8.42. The second kappa shape index (κ2) is 9.80. The summed E-state index contributed by atoms with van der Waals surface area (Å²) in [6.45, 7) is 3.66. The van der Waals surface area contributed by atoms with Crippen molar-refractivity contribution in [3.63, 3.8) is 0 Å². The lowest BCUT2D eigenvalue weighted by molar-refractivity contribution is -0.137. The quantitative estimate of drug-likeness (QED) is 0.482. The molecule has 1 saturated carbocycles. The summed E-state index contributed by atoms with van der Waals surface area (Å²) in [6.07, 6.45) is -0.767. The molecule has 0 amide bonds. The Hall–Kier alpha value is -1.84. The number of likely N-dealkylation sites (tertiary alicyclic amines) is 1. The van der Waals surface area contributed by atoms with E-state index in [-0.39, 0.29) is 27.8 Å². The highest BCUT2D eigenvalue weighted by molar-refractivity contribution is 6.40. The van der Waals surface area contributed by atoms with E-state index in [0.717, 1.165) is 70.2 Å². The normalized spacial score (nSPS) is 25.8. The number of rotatable bonds is 5. The Morgan fingerprint density at radius 1 is 1.03 bits per heavy atom. The molecule has 2 aliphatic heterocycles. The number of nitrogens with zero attached hydrogens (tertiary/aromatic N) is 3. The molecule has 2 aromatic rings. The van der Waals surface area contributed by atoms with E-state index in [0.29, 0.717) is 17.8 Å². The molecule has 36 heavy (non-hydrogen) atoms. The van der Waals surface area contributed by atoms with Gasteiger partial charge in [0, 0.05) is 37.9 Å². The Morgan fingerprint density at radius 2 is 1.69 bits per heavy atom. The molecule has 5 rings (SSSR count). The summed E-state index contributed by atoms with van der Waals surface area (Å²) in [6, 6.07) is 4.24. The van der Waals surface area contributed by atoms with Gasteiger partial charge in [-0.05, 0) is 73.0 Å². The van der Waals surface area contributed by atoms with Crippen molar-refractivity contribution in [2.45, 2.75) is 43.2 Å². The average Bonchev–Trinajstić information content (AvgIpc) is 3.40. The second-order valence-electron chi connectivity index (χ2n) is 10.9. The van der Waals surface area contributed by atoms with Gasteiger partial charge >= 0.3 is 6.18 Å². The van der Waals surface area contributed by atoms with Crippen LogP contribution in [-0.4, -0.2) is 68.5 Å². The van der Waals surface area contributed by atoms with Gasteiger partial charge in [-0.25, -0.2) is 4.39 Å². The van der Waals surface area contributed by atoms with E-state index in [1.165, 1.54) is 6.07 Å². The third-order valence-corrected chi connectivity index (χ3v) is 8.75. The predicted molar refractivity (Wildman–Crippen MR) is 136 cm³/mol. The summed E-state index contributed by atoms with van der Waals surface area (Å²) in [5, 5.41) is 11.1. The first-order valence-corrected chi connectivity index (χ1v) is 12.9. The first-order chi connectivity index (χ1) is 17.0. The van der Waals surface area contributed by atoms with Crippen molar-refractivity contribution in [3.05, 3.63) is 40.7 Å². The molecule has 192 valence electrons. The molecule has 3 atom stereocenters. The minimum atomic E-state index is -4.69. The molecule has 1 N–H and O–H groups in total. The number of halogens is 5. The Bertz CT molecular complexity index is 1100. The van der Waals surface area contributed by atoms with Gasteiger partial charge in [0.25, 0.3) is 0 Å². The maximum atomic E-state index is 13.9. The lowest BCUT2D eigenvalue weighted by atomic mass is 9.52. The maximum Gasteiger partial charge on any atom is 0.418 e. The molecular weight excluding hydrogens is 493 g/mol. The van der Waals surface area contributed by atoms with Gasteiger partial charge in [0.1, 0.15) is 33.0 Å². The van der Waals surface area contributed by atoms with Crippen molar-refractivity contribution in [1.29, 1.82) is 0 Å². The number of anilines is 1. The number of hydrogen-bond acceptors (Lipinski definition) is 5. The summed E-state index contributed by atoms with van der Waals surface area (Å²) in [5.41, 5.74) is -1.60. The molecule has 0 spiro atoms. The minimum absolute atomic E-state index is 0.0197. The van der Waals surface area contributed by atoms with E-state index in [9.17, 15) is 17.6 Å². The van der Waals surface area contributed by atoms with Crippen LogP contribution in [0.3, 0.4) is 0 Å². The van der Waals surface area contributed by atoms with Crippen LogP contribution in [0.2, 0.25) is 5.02 Å². The van der Waals surface area contributed by atoms with Gasteiger partial charge in [-0.3, -0.25) is 0 Å². The highest BCUT2D eigenvalue weighted by atomic mass is 35.5. The number of nitrogens with one attached hydrogen (secondary N) is 1. The molecule has 1 aliphatic carbocycles. The van der Waals surface area contributed by atoms with Crippen LogP contribution in [-0.2, 0) is 10.9 Å². The van der Waals surface area contributed by atoms with Gasteiger partial charge in [0.15, 0.2) is 0 Å². The summed E-state index contributed by atoms with van der Waals surface area (Å²) < 4.78 is 61.0. The van der Waals surface area contributed by atoms with Crippen molar-refractivity contribution in [2.24, 2.45) is 17.8 Å². The topological polar surface area (TPSA) is 50.3 Å². The zero-order valence-electron chi connectivity index (χ0n) is 20.4. The Labute approximate surface area is 215 Å². The molecule has 3 heterocycles. The van der Waals surface area contributed by atoms with Crippen LogP contribution in [0.1, 0.15) is 31.2 Å². The fraction of sp³-hybridized carbons (Fsp3) is 0.583. The molecule has 12 heteroatoms. The zero-order chi connectivity index (χ0) is 25.7. The van der Waals surface area contributed by atoms with E-state index in [4.69, 9.17) is 16.3 Å². The van der Waals surface area contributed by atoms with Crippen LogP contribution >= 0.6 is 11.6 Å². The van der Waals surface area contributed by atoms with Crippen LogP contribution in [0.4, 0.5) is 23.4 Å². The van der Waals surface area contributed by atoms with Gasteiger partial charge in [0.2, 0.25) is 0 Å². The number of alkyl halides is 3. The van der Waals surface area contributed by atoms with Gasteiger partial charge in [-0.2, -0.15) is 13.2 Å². The van der Waals surface area contributed by atoms with Crippen molar-refractivity contribution in [2.75, 3.05) is 31.6 Å². The number of benzene rings is 1. The fourth-order valence-electron chi connectivity index (χ4n) is 6.32. The molecular formula is C24H29B2ClF4N4O. The molecule has 0 bridgehead atoms. The van der Waals surface area contributed by atoms with Crippen molar-refractivity contribution < 1.29 is 22.3 Å². The van der Waals surface area contributed by atoms with E-state index in [1.807, 2.05) is 0 Å². The zero-order valence-corrected chi connectivity index (χ0v) is 21.2. The van der Waals surface area contributed by atoms with Crippen molar-refractivity contribution >= 4 is 33.1 Å². The standard InChI is InChI=1S/C24H29B2ClF4N4O/c25-23(26,15-3-5-36-6-4-15)35-11-13-7-17(8-14(13)12-35)32-21-10-19(24(29,30)31)22(34-33-21)18-9-16(28)1-2-20(18)27/h1-2,9-10,13-15,17H,3-8,11-12,25-26H2,(H,32,33)/t13-,14+,17+. The molecule has 0 unspecified atom stereocenters. The first kappa shape index (κ1) is 25.8. The Kier molecular flexibility index (Phi) is 7.02. The fourth-order valence-corrected chi connectivity index (χ4v) is 6.52. The van der Waals surface area contributed by atoms with Gasteiger partial charge < -0.3 is 15.0 Å². The average molecular weight is 523 g/mol. The Balaban J connectivity index is 1.28. The number of ether oxygens (including phenoxy) is 1. The van der Waals surface area contributed by atoms with Crippen LogP contribution in [0.15, 0.2) is 24.3 Å². The van der Waals surface area contributed by atoms with E-state index >= 15 is 0 Å². The number of aromatic nitrogens is 2. The summed E-state index contributed by atoms with van der Waals surface area (Å²) in [7, 11) is 4.67. The number of fused-ring (bicyclic) bond motifs is 1. The SMILES string of the molecule is BC(B)(C1CCOCC1)N1C[C@H]2C[C@H](Nc3cc(C(F)(F)F)c(-c4cc(F)ccc4Cl)nn3)C[C@H]2C1. The van der Waals surface area contributed by atoms with Gasteiger partial charge in [0.05, 0.1) is 10.6 Å². The number of hydrogen-bond donors (Lipinski definition) is 1. The molecule has 5 nitrogen and oxygen atoms in total. The maximum absolute atomic E-state index is 13.9. The largest absolute Gasteiger partial charge is 0.418 e. The highest BCUT2D eigenvalue weighted by Crippen LogP contribution is 2.44. The van der Waals surface area contributed by atoms with Crippen molar-refractivity contribution in [3.8, 4) is 11.3 Å². The van der Waals surface area contributed by atoms with Gasteiger partial charge in [-0.1, -0.05) is 11.6 Å². The second-order valence-corrected chi connectivity index (χ2v) is 11.3. The molecule has 3 aliphatic rings. The van der Waals surface area contributed by atoms with Crippen LogP contribution < -0.4 is 5.32 Å². The Morgan fingerprint density at radius 3 is 2.33 bits per heavy atom. The van der Waals surface area contributed by atoms with Crippen LogP contribution in [0.5, 0.6) is 0 Å². The third kappa shape index (κ3) is 5.11. The summed E-state index contributed by atoms with van der Waals surface area (Å²) >= 11 is 6.05. The highest BCUT2D eigenvalue weighted by Gasteiger charge is 2.47. The summed E-state index contributed by atoms with van der Waals surface area (Å²) in [5.74, 6) is 0.991. The monoisotopic (exact) mass is 522 g/mol. The molecule has 1 aromatic carbocycles. The van der Waals surface area contributed by atoms with E-state index in [2.05, 4.69) is 36.1 Å². The summed E-state index contributed by atoms with van der Waals surface area (Å²) in [4.78, 5) is 2.60. The minimum Gasteiger partial charge on any atom is -0.381 e. The lowest BCUT2D eigenvalue weighted by Crippen LogP contribution is -2.56. The molecule has 3 fully saturated rings. The predicted octanol–water partition coefficient (Wildman–Crippen LogP) is 3.42. The van der Waals surface area contributed by atoms with Crippen molar-refractivity contribution in [1.82, 2.24) is 15.1 Å². The van der Waals surface area contributed by atoms with E-state index < -0.39 is 23.3 Å².